The summed E-state index contributed by atoms with van der Waals surface area (Å²) in [5.74, 6) is 0.658. The van der Waals surface area contributed by atoms with Crippen LogP contribution in [0.2, 0.25) is 0 Å². The van der Waals surface area contributed by atoms with E-state index in [1.54, 1.807) is 13.2 Å². The Kier molecular flexibility index (Phi) is 3.39. The summed E-state index contributed by atoms with van der Waals surface area (Å²) in [6.07, 6.45) is 1.53. The smallest absolute Gasteiger partial charge is 0.266 e. The Morgan fingerprint density at radius 3 is 2.53 bits per heavy atom. The number of nitriles is 1. The van der Waals surface area contributed by atoms with E-state index < -0.39 is 0 Å². The second-order valence-electron chi connectivity index (χ2n) is 4.34. The number of methoxy groups -OCH3 is 1. The number of rotatable bonds is 2. The van der Waals surface area contributed by atoms with Gasteiger partial charge in [0, 0.05) is 17.3 Å². The van der Waals surface area contributed by atoms with Crippen LogP contribution in [-0.2, 0) is 0 Å². The van der Waals surface area contributed by atoms with Crippen LogP contribution in [0.5, 0.6) is 5.75 Å². The van der Waals surface area contributed by atoms with Crippen molar-refractivity contribution in [2.45, 2.75) is 13.8 Å². The van der Waals surface area contributed by atoms with Crippen molar-refractivity contribution < 1.29 is 4.74 Å². The van der Waals surface area contributed by atoms with Crippen molar-refractivity contribution in [3.8, 4) is 22.9 Å². The molecule has 0 saturated carbocycles. The van der Waals surface area contributed by atoms with E-state index in [0.717, 1.165) is 16.7 Å². The van der Waals surface area contributed by atoms with E-state index in [0.29, 0.717) is 11.3 Å². The minimum absolute atomic E-state index is 0.101. The first-order valence-electron chi connectivity index (χ1n) is 5.86. The van der Waals surface area contributed by atoms with Crippen molar-refractivity contribution in [3.63, 3.8) is 0 Å². The van der Waals surface area contributed by atoms with Crippen molar-refractivity contribution >= 4 is 0 Å². The molecule has 4 heteroatoms. The first-order valence-corrected chi connectivity index (χ1v) is 5.86. The monoisotopic (exact) mass is 254 g/mol. The van der Waals surface area contributed by atoms with Gasteiger partial charge in [0.1, 0.15) is 17.4 Å². The van der Waals surface area contributed by atoms with Crippen LogP contribution in [0.3, 0.4) is 0 Å². The lowest BCUT2D eigenvalue weighted by Gasteiger charge is -2.12. The molecule has 1 N–H and O–H groups in total. The molecule has 0 fully saturated rings. The predicted molar refractivity (Wildman–Crippen MR) is 73.2 cm³/mol. The van der Waals surface area contributed by atoms with Gasteiger partial charge in [-0.2, -0.15) is 5.26 Å². The van der Waals surface area contributed by atoms with E-state index in [1.165, 1.54) is 6.20 Å². The minimum atomic E-state index is -0.389. The zero-order valence-corrected chi connectivity index (χ0v) is 11.1. The Bertz CT molecular complexity index is 724. The second-order valence-corrected chi connectivity index (χ2v) is 4.34. The van der Waals surface area contributed by atoms with Crippen LogP contribution in [0.1, 0.15) is 16.7 Å². The fourth-order valence-corrected chi connectivity index (χ4v) is 1.98. The van der Waals surface area contributed by atoms with Gasteiger partial charge < -0.3 is 9.72 Å². The van der Waals surface area contributed by atoms with Gasteiger partial charge in [0.15, 0.2) is 0 Å². The summed E-state index contributed by atoms with van der Waals surface area (Å²) in [7, 11) is 1.58. The maximum Gasteiger partial charge on any atom is 0.266 e. The average Bonchev–Trinajstić information content (AvgIpc) is 2.41. The number of hydrogen-bond acceptors (Lipinski definition) is 3. The van der Waals surface area contributed by atoms with Gasteiger partial charge in [-0.05, 0) is 43.2 Å². The van der Waals surface area contributed by atoms with Crippen molar-refractivity contribution in [2.24, 2.45) is 0 Å². The van der Waals surface area contributed by atoms with Gasteiger partial charge in [0.2, 0.25) is 0 Å². The highest BCUT2D eigenvalue weighted by molar-refractivity contribution is 5.76. The van der Waals surface area contributed by atoms with Gasteiger partial charge in [-0.15, -0.1) is 0 Å². The highest BCUT2D eigenvalue weighted by Gasteiger charge is 2.14. The summed E-state index contributed by atoms with van der Waals surface area (Å²) in [6.45, 7) is 3.97. The Labute approximate surface area is 111 Å². The Balaban J connectivity index is 2.80. The zero-order valence-electron chi connectivity index (χ0n) is 11.1. The maximum absolute atomic E-state index is 11.7. The average molecular weight is 254 g/mol. The lowest BCUT2D eigenvalue weighted by atomic mass is 9.97. The molecular formula is C15H14N2O2. The Morgan fingerprint density at radius 1 is 1.21 bits per heavy atom. The summed E-state index contributed by atoms with van der Waals surface area (Å²) in [5, 5.41) is 9.14. The molecule has 0 radical (unpaired) electrons. The summed E-state index contributed by atoms with van der Waals surface area (Å²) in [5.41, 5.74) is 3.24. The topological polar surface area (TPSA) is 65.9 Å². The fraction of sp³-hybridized carbons (Fsp3) is 0.200. The van der Waals surface area contributed by atoms with Gasteiger partial charge in [0.05, 0.1) is 7.11 Å². The van der Waals surface area contributed by atoms with Crippen molar-refractivity contribution in [3.05, 3.63) is 51.4 Å². The molecule has 2 aromatic rings. The first kappa shape index (κ1) is 12.9. The van der Waals surface area contributed by atoms with E-state index in [2.05, 4.69) is 4.98 Å². The third kappa shape index (κ3) is 2.23. The molecule has 96 valence electrons. The van der Waals surface area contributed by atoms with Gasteiger partial charge in [0.25, 0.3) is 5.56 Å². The molecule has 0 atom stereocenters. The molecule has 0 bridgehead atoms. The molecule has 0 aliphatic carbocycles. The Morgan fingerprint density at radius 2 is 1.89 bits per heavy atom. The molecular weight excluding hydrogens is 240 g/mol. The lowest BCUT2D eigenvalue weighted by Crippen LogP contribution is -2.10. The standard InChI is InChI=1S/C15H14N2O2/c1-9-6-12(14(19-3)7-10(9)2)11-4-5-17-15(18)13(11)8-16/h4-7H,1-3H3,(H,17,18). The van der Waals surface area contributed by atoms with E-state index in [1.807, 2.05) is 32.0 Å². The lowest BCUT2D eigenvalue weighted by molar-refractivity contribution is 0.416. The van der Waals surface area contributed by atoms with E-state index in [4.69, 9.17) is 10.00 Å². The van der Waals surface area contributed by atoms with Crippen molar-refractivity contribution in [1.29, 1.82) is 5.26 Å². The molecule has 0 aliphatic rings. The zero-order chi connectivity index (χ0) is 14.0. The first-order chi connectivity index (χ1) is 9.08. The summed E-state index contributed by atoms with van der Waals surface area (Å²) < 4.78 is 5.35. The van der Waals surface area contributed by atoms with Crippen LogP contribution in [-0.4, -0.2) is 12.1 Å². The Hall–Kier alpha value is -2.54. The third-order valence-electron chi connectivity index (χ3n) is 3.18. The molecule has 0 amide bonds. The number of H-pyrrole nitrogens is 1. The van der Waals surface area contributed by atoms with Crippen LogP contribution in [0.25, 0.3) is 11.1 Å². The number of hydrogen-bond donors (Lipinski definition) is 1. The molecule has 1 aromatic heterocycles. The second kappa shape index (κ2) is 4.99. The highest BCUT2D eigenvalue weighted by Crippen LogP contribution is 2.33. The largest absolute Gasteiger partial charge is 0.496 e. The number of aryl methyl sites for hydroxylation is 2. The highest BCUT2D eigenvalue weighted by atomic mass is 16.5. The molecule has 0 unspecified atom stereocenters. The SMILES string of the molecule is COc1cc(C)c(C)cc1-c1cc[nH]c(=O)c1C#N. The summed E-state index contributed by atoms with van der Waals surface area (Å²) in [6, 6.07) is 7.51. The van der Waals surface area contributed by atoms with Crippen LogP contribution >= 0.6 is 0 Å². The van der Waals surface area contributed by atoms with E-state index in [9.17, 15) is 4.79 Å². The fourth-order valence-electron chi connectivity index (χ4n) is 1.98. The van der Waals surface area contributed by atoms with Crippen LogP contribution in [0.15, 0.2) is 29.2 Å². The summed E-state index contributed by atoms with van der Waals surface area (Å²) in [4.78, 5) is 14.2. The number of benzene rings is 1. The molecule has 0 spiro atoms. The van der Waals surface area contributed by atoms with Gasteiger partial charge in [-0.3, -0.25) is 4.79 Å². The third-order valence-corrected chi connectivity index (χ3v) is 3.18. The number of nitrogens with zero attached hydrogens (tertiary/aromatic N) is 1. The molecule has 4 nitrogen and oxygen atoms in total. The normalized spacial score (nSPS) is 10.0. The van der Waals surface area contributed by atoms with Crippen LogP contribution in [0, 0.1) is 25.2 Å². The van der Waals surface area contributed by atoms with E-state index >= 15 is 0 Å². The number of pyridine rings is 1. The molecule has 0 saturated heterocycles. The predicted octanol–water partition coefficient (Wildman–Crippen LogP) is 2.54. The quantitative estimate of drug-likeness (QED) is 0.895. The van der Waals surface area contributed by atoms with Gasteiger partial charge in [-0.1, -0.05) is 0 Å². The maximum atomic E-state index is 11.7. The van der Waals surface area contributed by atoms with E-state index in [-0.39, 0.29) is 11.1 Å². The number of aromatic amines is 1. The van der Waals surface area contributed by atoms with Crippen molar-refractivity contribution in [1.82, 2.24) is 4.98 Å². The molecule has 1 heterocycles. The molecule has 19 heavy (non-hydrogen) atoms. The summed E-state index contributed by atoms with van der Waals surface area (Å²) >= 11 is 0. The minimum Gasteiger partial charge on any atom is -0.496 e. The number of ether oxygens (including phenoxy) is 1. The van der Waals surface area contributed by atoms with Crippen LogP contribution in [0.4, 0.5) is 0 Å². The van der Waals surface area contributed by atoms with Crippen molar-refractivity contribution in [2.75, 3.05) is 7.11 Å². The molecule has 0 aliphatic heterocycles. The molecule has 2 rings (SSSR count). The van der Waals surface area contributed by atoms with Gasteiger partial charge >= 0.3 is 0 Å². The van der Waals surface area contributed by atoms with Crippen LogP contribution < -0.4 is 10.3 Å². The van der Waals surface area contributed by atoms with Gasteiger partial charge in [-0.25, -0.2) is 0 Å². The number of aromatic nitrogens is 1. The molecule has 1 aromatic carbocycles. The number of nitrogens with one attached hydrogen (secondary N) is 1.